The summed E-state index contributed by atoms with van der Waals surface area (Å²) in [5.41, 5.74) is -2.02. The van der Waals surface area contributed by atoms with Crippen LogP contribution in [-0.4, -0.2) is 9.38 Å². The molecule has 0 saturated carbocycles. The van der Waals surface area contributed by atoms with Gasteiger partial charge in [-0.1, -0.05) is 6.07 Å². The molecule has 0 aromatic carbocycles. The molecule has 0 bridgehead atoms. The number of pyridine rings is 1. The van der Waals surface area contributed by atoms with Crippen LogP contribution in [0.15, 0.2) is 33.7 Å². The van der Waals surface area contributed by atoms with Gasteiger partial charge < -0.3 is 0 Å². The van der Waals surface area contributed by atoms with E-state index in [1.807, 2.05) is 0 Å². The van der Waals surface area contributed by atoms with Gasteiger partial charge in [0.2, 0.25) is 0 Å². The topological polar surface area (TPSA) is 34.4 Å². The first-order valence-corrected chi connectivity index (χ1v) is 4.94. The highest BCUT2D eigenvalue weighted by Crippen LogP contribution is 2.31. The van der Waals surface area contributed by atoms with Crippen LogP contribution in [0.2, 0.25) is 0 Å². The minimum absolute atomic E-state index is 0. The second kappa shape index (κ2) is 4.77. The second-order valence-corrected chi connectivity index (χ2v) is 3.80. The summed E-state index contributed by atoms with van der Waals surface area (Å²) in [6.45, 7) is 0. The summed E-state index contributed by atoms with van der Waals surface area (Å²) in [5, 5.41) is 0. The van der Waals surface area contributed by atoms with Crippen LogP contribution >= 0.6 is 32.9 Å². The van der Waals surface area contributed by atoms with Gasteiger partial charge in [-0.15, -0.1) is 17.0 Å². The van der Waals surface area contributed by atoms with Crippen molar-refractivity contribution in [3.05, 3.63) is 44.9 Å². The highest BCUT2D eigenvalue weighted by atomic mass is 79.9. The van der Waals surface area contributed by atoms with Gasteiger partial charge in [0.25, 0.3) is 5.56 Å². The van der Waals surface area contributed by atoms with Crippen LogP contribution in [0, 0.1) is 0 Å². The zero-order valence-electron chi connectivity index (χ0n) is 8.03. The summed E-state index contributed by atoms with van der Waals surface area (Å²) in [4.78, 5) is 15.0. The van der Waals surface area contributed by atoms with Crippen LogP contribution in [0.4, 0.5) is 13.2 Å². The molecule has 2 rings (SSSR count). The Bertz CT molecular complexity index is 609. The monoisotopic (exact) mass is 372 g/mol. The Balaban J connectivity index is 0.00000144. The van der Waals surface area contributed by atoms with Gasteiger partial charge in [-0.05, 0) is 28.1 Å². The maximum atomic E-state index is 12.5. The van der Waals surface area contributed by atoms with E-state index in [2.05, 4.69) is 20.9 Å². The molecule has 0 spiro atoms. The Morgan fingerprint density at radius 3 is 2.53 bits per heavy atom. The molecule has 0 aliphatic heterocycles. The maximum absolute atomic E-state index is 12.5. The molecule has 92 valence electrons. The quantitative estimate of drug-likeness (QED) is 0.711. The minimum Gasteiger partial charge on any atom is -0.268 e. The maximum Gasteiger partial charge on any atom is 0.434 e. The van der Waals surface area contributed by atoms with Crippen molar-refractivity contribution in [1.82, 2.24) is 9.38 Å². The largest absolute Gasteiger partial charge is 0.434 e. The number of rotatable bonds is 0. The third-order valence-corrected chi connectivity index (χ3v) is 2.66. The van der Waals surface area contributed by atoms with Crippen molar-refractivity contribution in [1.29, 1.82) is 0 Å². The fourth-order valence-electron chi connectivity index (χ4n) is 1.26. The van der Waals surface area contributed by atoms with Crippen molar-refractivity contribution in [2.75, 3.05) is 0 Å². The lowest BCUT2D eigenvalue weighted by Gasteiger charge is -2.09. The summed E-state index contributed by atoms with van der Waals surface area (Å²) in [6.07, 6.45) is -3.29. The van der Waals surface area contributed by atoms with Crippen molar-refractivity contribution < 1.29 is 13.2 Å². The number of aromatic nitrogens is 2. The first kappa shape index (κ1) is 14.2. The predicted octanol–water partition coefficient (Wildman–Crippen LogP) is 3.05. The summed E-state index contributed by atoms with van der Waals surface area (Å²) in [7, 11) is 0. The normalized spacial score (nSPS) is 11.3. The smallest absolute Gasteiger partial charge is 0.268 e. The van der Waals surface area contributed by atoms with Crippen molar-refractivity contribution in [3.63, 3.8) is 0 Å². The molecule has 3 nitrogen and oxygen atoms in total. The van der Waals surface area contributed by atoms with Gasteiger partial charge in [-0.2, -0.15) is 13.2 Å². The van der Waals surface area contributed by atoms with Crippen molar-refractivity contribution >= 4 is 38.6 Å². The van der Waals surface area contributed by atoms with E-state index in [1.165, 1.54) is 24.4 Å². The summed E-state index contributed by atoms with van der Waals surface area (Å²) < 4.78 is 38.0. The molecule has 0 aliphatic carbocycles. The van der Waals surface area contributed by atoms with E-state index < -0.39 is 21.9 Å². The van der Waals surface area contributed by atoms with Crippen molar-refractivity contribution in [2.45, 2.75) is 6.18 Å². The number of hydrogen-bond acceptors (Lipinski definition) is 2. The minimum atomic E-state index is -4.65. The Morgan fingerprint density at radius 2 is 1.94 bits per heavy atom. The molecule has 17 heavy (non-hydrogen) atoms. The van der Waals surface area contributed by atoms with Crippen molar-refractivity contribution in [2.24, 2.45) is 0 Å². The summed E-state index contributed by atoms with van der Waals surface area (Å²) in [6, 6.07) is 4.38. The number of halogens is 5. The van der Waals surface area contributed by atoms with E-state index in [1.54, 1.807) is 0 Å². The molecule has 2 aromatic heterocycles. The molecule has 0 N–H and O–H groups in total. The lowest BCUT2D eigenvalue weighted by atomic mass is 10.3. The fourth-order valence-corrected chi connectivity index (χ4v) is 1.76. The summed E-state index contributed by atoms with van der Waals surface area (Å²) in [5.74, 6) is 0. The average molecular weight is 374 g/mol. The molecule has 0 radical (unpaired) electrons. The molecule has 0 aliphatic rings. The van der Waals surface area contributed by atoms with E-state index in [4.69, 9.17) is 0 Å². The zero-order valence-corrected chi connectivity index (χ0v) is 11.3. The molecule has 0 atom stereocenters. The fraction of sp³-hybridized carbons (Fsp3) is 0.111. The van der Waals surface area contributed by atoms with E-state index in [9.17, 15) is 18.0 Å². The lowest BCUT2D eigenvalue weighted by molar-refractivity contribution is -0.141. The van der Waals surface area contributed by atoms with Crippen LogP contribution < -0.4 is 5.56 Å². The molecule has 0 saturated heterocycles. The Morgan fingerprint density at radius 1 is 1.29 bits per heavy atom. The lowest BCUT2D eigenvalue weighted by Crippen LogP contribution is -2.22. The van der Waals surface area contributed by atoms with Crippen molar-refractivity contribution in [3.8, 4) is 0 Å². The van der Waals surface area contributed by atoms with Gasteiger partial charge in [0.1, 0.15) is 10.1 Å². The molecule has 8 heteroatoms. The SMILES string of the molecule is Br.O=c1c(Br)c(C(F)(F)F)nc2ccccn12. The van der Waals surface area contributed by atoms with Crippen LogP contribution in [-0.2, 0) is 6.18 Å². The standard InChI is InChI=1S/C9H4BrF3N2O.BrH/c10-6-7(9(11,12)13)14-5-3-1-2-4-15(5)8(6)16;/h1-4H;1H. The second-order valence-electron chi connectivity index (χ2n) is 3.01. The van der Waals surface area contributed by atoms with Gasteiger partial charge in [0.15, 0.2) is 5.69 Å². The highest BCUT2D eigenvalue weighted by Gasteiger charge is 2.36. The van der Waals surface area contributed by atoms with Crippen LogP contribution in [0.5, 0.6) is 0 Å². The van der Waals surface area contributed by atoms with Gasteiger partial charge in [-0.3, -0.25) is 9.20 Å². The van der Waals surface area contributed by atoms with E-state index in [0.717, 1.165) is 4.40 Å². The first-order valence-electron chi connectivity index (χ1n) is 4.15. The average Bonchev–Trinajstić information content (AvgIpc) is 2.22. The van der Waals surface area contributed by atoms with Gasteiger partial charge in [-0.25, -0.2) is 4.98 Å². The third-order valence-electron chi connectivity index (χ3n) is 1.95. The van der Waals surface area contributed by atoms with Gasteiger partial charge >= 0.3 is 6.18 Å². The first-order chi connectivity index (χ1) is 7.41. The third kappa shape index (κ3) is 2.52. The van der Waals surface area contributed by atoms with E-state index in [0.29, 0.717) is 0 Å². The predicted molar refractivity (Wildman–Crippen MR) is 64.5 cm³/mol. The summed E-state index contributed by atoms with van der Waals surface area (Å²) >= 11 is 2.62. The highest BCUT2D eigenvalue weighted by molar-refractivity contribution is 9.10. The van der Waals surface area contributed by atoms with Gasteiger partial charge in [0.05, 0.1) is 0 Å². The number of nitrogens with zero attached hydrogens (tertiary/aromatic N) is 2. The molecule has 0 unspecified atom stereocenters. The number of alkyl halides is 3. The van der Waals surface area contributed by atoms with E-state index >= 15 is 0 Å². The van der Waals surface area contributed by atoms with Crippen LogP contribution in [0.25, 0.3) is 5.65 Å². The molecule has 0 amide bonds. The van der Waals surface area contributed by atoms with Gasteiger partial charge in [0, 0.05) is 6.20 Å². The number of fused-ring (bicyclic) bond motifs is 1. The van der Waals surface area contributed by atoms with Crippen LogP contribution in [0.3, 0.4) is 0 Å². The Labute approximate surface area is 112 Å². The molecule has 2 heterocycles. The van der Waals surface area contributed by atoms with E-state index in [-0.39, 0.29) is 22.6 Å². The molecule has 0 fully saturated rings. The molecule has 2 aromatic rings. The zero-order chi connectivity index (χ0) is 11.9. The molecular weight excluding hydrogens is 369 g/mol. The molecular formula is C9H5Br2F3N2O. The number of hydrogen-bond donors (Lipinski definition) is 0. The Kier molecular flexibility index (Phi) is 3.98. The Hall–Kier alpha value is -0.890. The van der Waals surface area contributed by atoms with Crippen LogP contribution in [0.1, 0.15) is 5.69 Å².